The van der Waals surface area contributed by atoms with E-state index in [2.05, 4.69) is 10.5 Å². The Morgan fingerprint density at radius 2 is 1.67 bits per heavy atom. The van der Waals surface area contributed by atoms with Crippen LogP contribution >= 0.6 is 23.2 Å². The van der Waals surface area contributed by atoms with Crippen molar-refractivity contribution in [1.29, 1.82) is 0 Å². The molecule has 3 aromatic carbocycles. The van der Waals surface area contributed by atoms with E-state index in [-0.39, 0.29) is 22.9 Å². The summed E-state index contributed by atoms with van der Waals surface area (Å²) in [5.74, 6) is -0.921. The zero-order valence-electron chi connectivity index (χ0n) is 20.9. The maximum atomic E-state index is 13.6. The fourth-order valence-electron chi connectivity index (χ4n) is 4.43. The van der Waals surface area contributed by atoms with Gasteiger partial charge in [0.25, 0.3) is 11.8 Å². The second-order valence-electron chi connectivity index (χ2n) is 8.83. The van der Waals surface area contributed by atoms with Gasteiger partial charge in [-0.1, -0.05) is 53.5 Å². The molecule has 0 radical (unpaired) electrons. The minimum atomic E-state index is -0.474. The van der Waals surface area contributed by atoms with Gasteiger partial charge in [-0.25, -0.2) is 14.1 Å². The molecule has 0 bridgehead atoms. The van der Waals surface area contributed by atoms with Crippen LogP contribution in [-0.2, 0) is 0 Å². The van der Waals surface area contributed by atoms with Crippen LogP contribution in [0.5, 0.6) is 5.75 Å². The Bertz CT molecular complexity index is 1520. The molecular formula is C28H24Cl2FN5O3. The van der Waals surface area contributed by atoms with Gasteiger partial charge in [-0.05, 0) is 42.5 Å². The Morgan fingerprint density at radius 3 is 2.33 bits per heavy atom. The Balaban J connectivity index is 1.38. The summed E-state index contributed by atoms with van der Waals surface area (Å²) >= 11 is 12.6. The number of carbonyl (C=O) groups excluding carboxylic acids is 2. The quantitative estimate of drug-likeness (QED) is 0.351. The van der Waals surface area contributed by atoms with Crippen LogP contribution in [0.1, 0.15) is 20.8 Å². The average Bonchev–Trinajstić information content (AvgIpc) is 3.33. The summed E-state index contributed by atoms with van der Waals surface area (Å²) in [7, 11) is 1.47. The van der Waals surface area contributed by atoms with Gasteiger partial charge in [-0.15, -0.1) is 0 Å². The van der Waals surface area contributed by atoms with Crippen molar-refractivity contribution in [3.63, 3.8) is 0 Å². The van der Waals surface area contributed by atoms with Crippen LogP contribution in [-0.4, -0.2) is 64.8 Å². The van der Waals surface area contributed by atoms with Gasteiger partial charge in [0, 0.05) is 42.3 Å². The fraction of sp³-hybridized carbons (Fsp3) is 0.179. The number of aromatic nitrogens is 2. The third kappa shape index (κ3) is 5.61. The van der Waals surface area contributed by atoms with Crippen molar-refractivity contribution < 1.29 is 18.7 Å². The van der Waals surface area contributed by atoms with E-state index in [1.807, 2.05) is 18.2 Å². The van der Waals surface area contributed by atoms with Gasteiger partial charge < -0.3 is 9.64 Å². The first-order valence-electron chi connectivity index (χ1n) is 12.1. The van der Waals surface area contributed by atoms with Gasteiger partial charge in [-0.3, -0.25) is 15.0 Å². The smallest absolute Gasteiger partial charge is 0.289 e. The van der Waals surface area contributed by atoms with Crippen molar-refractivity contribution in [1.82, 2.24) is 25.1 Å². The van der Waals surface area contributed by atoms with Crippen LogP contribution in [0, 0.1) is 5.82 Å². The molecule has 1 N–H and O–H groups in total. The summed E-state index contributed by atoms with van der Waals surface area (Å²) in [6.07, 6.45) is 0. The SMILES string of the molecule is COc1c(C(=O)NN2CCN(C(=O)c3cccc(F)c3)CC2)nn(-c2ccccc2Cl)c1-c1ccc(Cl)cc1. The second kappa shape index (κ2) is 11.4. The monoisotopic (exact) mass is 567 g/mol. The van der Waals surface area contributed by atoms with Crippen LogP contribution in [0.25, 0.3) is 16.9 Å². The van der Waals surface area contributed by atoms with Crippen molar-refractivity contribution >= 4 is 35.0 Å². The van der Waals surface area contributed by atoms with E-state index in [9.17, 15) is 14.0 Å². The molecule has 39 heavy (non-hydrogen) atoms. The lowest BCUT2D eigenvalue weighted by Gasteiger charge is -2.34. The molecule has 1 aliphatic heterocycles. The highest BCUT2D eigenvalue weighted by atomic mass is 35.5. The summed E-state index contributed by atoms with van der Waals surface area (Å²) in [5, 5.41) is 7.33. The van der Waals surface area contributed by atoms with E-state index in [0.717, 1.165) is 5.56 Å². The first-order chi connectivity index (χ1) is 18.9. The van der Waals surface area contributed by atoms with Crippen molar-refractivity contribution in [2.75, 3.05) is 33.3 Å². The lowest BCUT2D eigenvalue weighted by molar-refractivity contribution is 0.0502. The molecule has 0 saturated carbocycles. The predicted octanol–water partition coefficient (Wildman–Crippen LogP) is 5.10. The Kier molecular flexibility index (Phi) is 7.83. The molecule has 5 rings (SSSR count). The molecule has 11 heteroatoms. The molecular weight excluding hydrogens is 544 g/mol. The number of carbonyl (C=O) groups is 2. The number of methoxy groups -OCH3 is 1. The Labute approximate surface area is 234 Å². The molecule has 1 aromatic heterocycles. The topological polar surface area (TPSA) is 79.7 Å². The molecule has 4 aromatic rings. The van der Waals surface area contributed by atoms with Crippen molar-refractivity contribution in [3.05, 3.63) is 99.9 Å². The first kappa shape index (κ1) is 26.7. The Hall–Kier alpha value is -3.92. The number of hydrogen-bond acceptors (Lipinski definition) is 5. The number of halogens is 3. The molecule has 0 spiro atoms. The normalized spacial score (nSPS) is 13.8. The minimum absolute atomic E-state index is 0.0700. The van der Waals surface area contributed by atoms with Gasteiger partial charge in [-0.2, -0.15) is 5.10 Å². The molecule has 0 unspecified atom stereocenters. The largest absolute Gasteiger partial charge is 0.492 e. The number of benzene rings is 3. The summed E-state index contributed by atoms with van der Waals surface area (Å²) in [4.78, 5) is 27.8. The van der Waals surface area contributed by atoms with Gasteiger partial charge in [0.2, 0.25) is 0 Å². The number of nitrogens with one attached hydrogen (secondary N) is 1. The first-order valence-corrected chi connectivity index (χ1v) is 12.9. The van der Waals surface area contributed by atoms with Crippen LogP contribution < -0.4 is 10.2 Å². The van der Waals surface area contributed by atoms with E-state index < -0.39 is 11.7 Å². The molecule has 2 heterocycles. The zero-order valence-corrected chi connectivity index (χ0v) is 22.4. The van der Waals surface area contributed by atoms with E-state index >= 15 is 0 Å². The van der Waals surface area contributed by atoms with E-state index in [4.69, 9.17) is 27.9 Å². The summed E-state index contributed by atoms with van der Waals surface area (Å²) in [5.41, 5.74) is 5.07. The summed E-state index contributed by atoms with van der Waals surface area (Å²) in [6.45, 7) is 1.47. The van der Waals surface area contributed by atoms with Crippen LogP contribution in [0.15, 0.2) is 72.8 Å². The number of rotatable bonds is 6. The highest BCUT2D eigenvalue weighted by Gasteiger charge is 2.29. The summed E-state index contributed by atoms with van der Waals surface area (Å²) < 4.78 is 20.8. The standard InChI is InChI=1S/C28H24Cl2FN5O3/c1-39-26-24(27(37)33-35-15-13-34(14-16-35)28(38)19-5-4-6-21(31)17-19)32-36(23-8-3-2-7-22(23)30)25(26)18-9-11-20(29)12-10-18/h2-12,17H,13-16H2,1H3,(H,33,37). The van der Waals surface area contributed by atoms with Crippen LogP contribution in [0.2, 0.25) is 10.0 Å². The molecule has 8 nitrogen and oxygen atoms in total. The van der Waals surface area contributed by atoms with Gasteiger partial charge in [0.05, 0.1) is 17.8 Å². The number of amides is 2. The van der Waals surface area contributed by atoms with Gasteiger partial charge >= 0.3 is 0 Å². The maximum absolute atomic E-state index is 13.6. The van der Waals surface area contributed by atoms with Crippen LogP contribution in [0.3, 0.4) is 0 Å². The van der Waals surface area contributed by atoms with E-state index in [0.29, 0.717) is 47.6 Å². The molecule has 1 saturated heterocycles. The maximum Gasteiger partial charge on any atom is 0.289 e. The minimum Gasteiger partial charge on any atom is -0.492 e. The third-order valence-electron chi connectivity index (χ3n) is 6.36. The van der Waals surface area contributed by atoms with Crippen molar-refractivity contribution in [2.24, 2.45) is 0 Å². The molecule has 2 amide bonds. The molecule has 1 fully saturated rings. The highest BCUT2D eigenvalue weighted by molar-refractivity contribution is 6.32. The van der Waals surface area contributed by atoms with Crippen molar-refractivity contribution in [3.8, 4) is 22.7 Å². The molecule has 200 valence electrons. The highest BCUT2D eigenvalue weighted by Crippen LogP contribution is 2.37. The van der Waals surface area contributed by atoms with E-state index in [1.165, 1.54) is 25.3 Å². The number of ether oxygens (including phenoxy) is 1. The van der Waals surface area contributed by atoms with Crippen molar-refractivity contribution in [2.45, 2.75) is 0 Å². The average molecular weight is 568 g/mol. The van der Waals surface area contributed by atoms with Crippen LogP contribution in [0.4, 0.5) is 4.39 Å². The fourth-order valence-corrected chi connectivity index (χ4v) is 4.77. The number of hydrogen-bond donors (Lipinski definition) is 1. The lowest BCUT2D eigenvalue weighted by atomic mass is 10.1. The number of para-hydroxylation sites is 1. The van der Waals surface area contributed by atoms with E-state index in [1.54, 1.807) is 51.0 Å². The molecule has 0 atom stereocenters. The summed E-state index contributed by atoms with van der Waals surface area (Å²) in [6, 6.07) is 19.9. The number of piperazine rings is 1. The molecule has 1 aliphatic rings. The predicted molar refractivity (Wildman–Crippen MR) is 147 cm³/mol. The molecule has 0 aliphatic carbocycles. The van der Waals surface area contributed by atoms with Gasteiger partial charge in [0.1, 0.15) is 11.5 Å². The second-order valence-corrected chi connectivity index (χ2v) is 9.67. The number of nitrogens with zero attached hydrogens (tertiary/aromatic N) is 4. The zero-order chi connectivity index (χ0) is 27.5. The lowest BCUT2D eigenvalue weighted by Crippen LogP contribution is -2.54. The van der Waals surface area contributed by atoms with Gasteiger partial charge in [0.15, 0.2) is 11.4 Å². The number of hydrazine groups is 1. The Morgan fingerprint density at radius 1 is 0.949 bits per heavy atom. The third-order valence-corrected chi connectivity index (χ3v) is 6.93.